The van der Waals surface area contributed by atoms with Crippen molar-refractivity contribution in [2.24, 2.45) is 0 Å². The molecule has 1 aromatic carbocycles. The molecule has 0 amide bonds. The first-order chi connectivity index (χ1) is 6.22. The number of anilines is 1. The summed E-state index contributed by atoms with van der Waals surface area (Å²) in [5, 5.41) is 0.113. The number of nitrogen functional groups attached to an aromatic ring is 1. The summed E-state index contributed by atoms with van der Waals surface area (Å²) in [6.07, 6.45) is 0. The fraction of sp³-hybridized carbons (Fsp3) is 0.125. The van der Waals surface area contributed by atoms with Gasteiger partial charge in [0.2, 0.25) is 0 Å². The normalized spacial score (nSPS) is 8.64. The fourth-order valence-electron chi connectivity index (χ4n) is 0.640. The average Bonchev–Trinajstić information content (AvgIpc) is 2.16. The zero-order valence-electron chi connectivity index (χ0n) is 7.43. The number of hydrogen-bond acceptors (Lipinski definition) is 5. The molecule has 78 valence electrons. The largest absolute Gasteiger partial charge is 0.459 e. The Balaban J connectivity index is 0.00000169. The molecule has 2 N–H and O–H groups in total. The van der Waals surface area contributed by atoms with Crippen LogP contribution in [0.1, 0.15) is 0 Å². The van der Waals surface area contributed by atoms with Gasteiger partial charge >= 0.3 is 5.24 Å². The second-order valence-electron chi connectivity index (χ2n) is 2.19. The average molecular weight is 252 g/mol. The molecule has 0 aliphatic rings. The quantitative estimate of drug-likeness (QED) is 0.497. The highest BCUT2D eigenvalue weighted by molar-refractivity contribution is 7.96. The van der Waals surface area contributed by atoms with E-state index in [1.807, 2.05) is 12.1 Å². The summed E-state index contributed by atoms with van der Waals surface area (Å²) in [6, 6.07) is 7.28. The molecule has 0 bridgehead atoms. The number of ether oxygens (including phenoxy) is 1. The van der Waals surface area contributed by atoms with E-state index < -0.39 is 0 Å². The van der Waals surface area contributed by atoms with E-state index in [-0.39, 0.29) is 17.6 Å². The zero-order valence-corrected chi connectivity index (χ0v) is 9.88. The molecular weight excluding hydrogens is 242 g/mol. The van der Waals surface area contributed by atoms with E-state index in [1.165, 1.54) is 7.11 Å². The third-order valence-corrected chi connectivity index (χ3v) is 2.31. The maximum absolute atomic E-state index is 5.51. The fourth-order valence-corrected chi connectivity index (χ4v) is 1.22. The van der Waals surface area contributed by atoms with Crippen LogP contribution in [0.3, 0.4) is 0 Å². The lowest BCUT2D eigenvalue weighted by Crippen LogP contribution is -1.96. The van der Waals surface area contributed by atoms with Crippen LogP contribution in [-0.4, -0.2) is 12.3 Å². The van der Waals surface area contributed by atoms with E-state index in [4.69, 9.17) is 22.1 Å². The molecule has 0 unspecified atom stereocenters. The summed E-state index contributed by atoms with van der Waals surface area (Å²) < 4.78 is 9.66. The smallest absolute Gasteiger partial charge is 0.364 e. The second-order valence-corrected chi connectivity index (χ2v) is 3.33. The van der Waals surface area contributed by atoms with Crippen molar-refractivity contribution >= 4 is 47.6 Å². The molecule has 0 aliphatic heterocycles. The first-order valence-electron chi connectivity index (χ1n) is 3.50. The van der Waals surface area contributed by atoms with Gasteiger partial charge in [-0.3, -0.25) is 0 Å². The molecule has 1 aromatic rings. The third kappa shape index (κ3) is 4.55. The number of thiocarbonyl (C=S) groups is 1. The molecule has 3 nitrogen and oxygen atoms in total. The van der Waals surface area contributed by atoms with Gasteiger partial charge in [-0.05, 0) is 24.3 Å². The van der Waals surface area contributed by atoms with E-state index in [9.17, 15) is 0 Å². The van der Waals surface area contributed by atoms with E-state index in [1.54, 1.807) is 12.1 Å². The summed E-state index contributed by atoms with van der Waals surface area (Å²) in [5.74, 6) is 0. The first-order valence-corrected chi connectivity index (χ1v) is 4.65. The molecule has 0 heterocycles. The number of rotatable bonds is 2. The molecule has 0 saturated heterocycles. The van der Waals surface area contributed by atoms with Crippen molar-refractivity contribution in [3.8, 4) is 0 Å². The Morgan fingerprint density at radius 1 is 1.36 bits per heavy atom. The van der Waals surface area contributed by atoms with E-state index in [0.717, 1.165) is 22.6 Å². The topological polar surface area (TPSA) is 44.5 Å². The van der Waals surface area contributed by atoms with Crippen molar-refractivity contribution in [3.63, 3.8) is 0 Å². The van der Waals surface area contributed by atoms with Crippen molar-refractivity contribution in [1.29, 1.82) is 0 Å². The molecule has 0 fully saturated rings. The van der Waals surface area contributed by atoms with Crippen LogP contribution in [0.4, 0.5) is 5.69 Å². The molecule has 0 aliphatic carbocycles. The maximum atomic E-state index is 5.51. The van der Waals surface area contributed by atoms with Crippen LogP contribution in [0.25, 0.3) is 0 Å². The van der Waals surface area contributed by atoms with Gasteiger partial charge in [0.25, 0.3) is 0 Å². The number of hydrogen-bond donors (Lipinski definition) is 1. The molecule has 1 rings (SSSR count). The molecule has 6 heteroatoms. The highest BCUT2D eigenvalue weighted by atomic mass is 35.5. The first kappa shape index (κ1) is 13.4. The van der Waals surface area contributed by atoms with Crippen molar-refractivity contribution in [1.82, 2.24) is 0 Å². The van der Waals surface area contributed by atoms with Gasteiger partial charge in [0.05, 0.1) is 19.2 Å². The minimum absolute atomic E-state index is 0. The standard InChI is InChI=1S/C8H9NO2S2.ClH/c1-10-8(12)11-13-7-4-2-6(9)3-5-7;/h2-5H,9H2,1H3;1H. The summed E-state index contributed by atoms with van der Waals surface area (Å²) in [4.78, 5) is 0.925. The Bertz CT molecular complexity index is 292. The molecule has 14 heavy (non-hydrogen) atoms. The minimum Gasteiger partial charge on any atom is -0.459 e. The van der Waals surface area contributed by atoms with Crippen LogP contribution < -0.4 is 5.73 Å². The van der Waals surface area contributed by atoms with Gasteiger partial charge in [-0.25, -0.2) is 0 Å². The lowest BCUT2D eigenvalue weighted by atomic mass is 10.3. The van der Waals surface area contributed by atoms with Gasteiger partial charge in [0, 0.05) is 22.8 Å². The van der Waals surface area contributed by atoms with Crippen molar-refractivity contribution < 1.29 is 8.92 Å². The van der Waals surface area contributed by atoms with Crippen LogP contribution in [0.5, 0.6) is 0 Å². The molecular formula is C8H10ClNO2S2. The van der Waals surface area contributed by atoms with Gasteiger partial charge in [-0.1, -0.05) is 0 Å². The summed E-state index contributed by atoms with van der Waals surface area (Å²) >= 11 is 5.83. The van der Waals surface area contributed by atoms with Gasteiger partial charge in [0.15, 0.2) is 0 Å². The minimum atomic E-state index is 0. The SMILES string of the molecule is COC(=S)OSc1ccc(N)cc1.Cl. The van der Waals surface area contributed by atoms with Gasteiger partial charge < -0.3 is 14.7 Å². The van der Waals surface area contributed by atoms with Crippen molar-refractivity contribution in [2.75, 3.05) is 12.8 Å². The lowest BCUT2D eigenvalue weighted by Gasteiger charge is -2.02. The zero-order chi connectivity index (χ0) is 9.68. The highest BCUT2D eigenvalue weighted by Gasteiger charge is 1.98. The Kier molecular flexibility index (Phi) is 6.44. The van der Waals surface area contributed by atoms with Crippen LogP contribution in [0.15, 0.2) is 29.2 Å². The van der Waals surface area contributed by atoms with E-state index in [0.29, 0.717) is 0 Å². The molecule has 0 aromatic heterocycles. The van der Waals surface area contributed by atoms with Gasteiger partial charge in [0.1, 0.15) is 0 Å². The number of nitrogens with two attached hydrogens (primary N) is 1. The van der Waals surface area contributed by atoms with Gasteiger partial charge in [-0.2, -0.15) is 0 Å². The number of benzene rings is 1. The highest BCUT2D eigenvalue weighted by Crippen LogP contribution is 2.20. The number of methoxy groups -OCH3 is 1. The van der Waals surface area contributed by atoms with Gasteiger partial charge in [-0.15, -0.1) is 12.4 Å². The molecule has 0 saturated carbocycles. The predicted octanol–water partition coefficient (Wildman–Crippen LogP) is 2.65. The second kappa shape index (κ2) is 6.75. The van der Waals surface area contributed by atoms with Crippen LogP contribution in [0.2, 0.25) is 0 Å². The Hall–Kier alpha value is -0.650. The number of halogens is 1. The predicted molar refractivity (Wildman–Crippen MR) is 64.7 cm³/mol. The molecule has 0 radical (unpaired) electrons. The summed E-state index contributed by atoms with van der Waals surface area (Å²) in [7, 11) is 1.46. The summed E-state index contributed by atoms with van der Waals surface area (Å²) in [6.45, 7) is 0. The van der Waals surface area contributed by atoms with Crippen molar-refractivity contribution in [2.45, 2.75) is 4.90 Å². The molecule has 0 spiro atoms. The Morgan fingerprint density at radius 2 is 1.93 bits per heavy atom. The third-order valence-electron chi connectivity index (χ3n) is 1.25. The van der Waals surface area contributed by atoms with Crippen LogP contribution in [-0.2, 0) is 8.92 Å². The Morgan fingerprint density at radius 3 is 2.43 bits per heavy atom. The van der Waals surface area contributed by atoms with Crippen LogP contribution >= 0.6 is 36.7 Å². The molecule has 0 atom stereocenters. The van der Waals surface area contributed by atoms with Crippen LogP contribution in [0, 0.1) is 0 Å². The van der Waals surface area contributed by atoms with Crippen molar-refractivity contribution in [3.05, 3.63) is 24.3 Å². The monoisotopic (exact) mass is 251 g/mol. The lowest BCUT2D eigenvalue weighted by molar-refractivity contribution is 0.333. The Labute approximate surface area is 98.6 Å². The van der Waals surface area contributed by atoms with E-state index in [2.05, 4.69) is 4.74 Å². The summed E-state index contributed by atoms with van der Waals surface area (Å²) in [5.41, 5.74) is 6.23. The maximum Gasteiger partial charge on any atom is 0.364 e. The van der Waals surface area contributed by atoms with E-state index >= 15 is 0 Å².